The number of rotatable bonds is 5. The molecular formula is C10H20O5. The fraction of sp³-hybridized carbons (Fsp3) is 1.00. The first-order chi connectivity index (χ1) is 7.26. The molecule has 1 fully saturated rings. The summed E-state index contributed by atoms with van der Waals surface area (Å²) >= 11 is 0. The van der Waals surface area contributed by atoms with Gasteiger partial charge in [0.05, 0.1) is 12.7 Å². The molecule has 90 valence electrons. The van der Waals surface area contributed by atoms with Crippen molar-refractivity contribution in [1.29, 1.82) is 0 Å². The molecule has 0 N–H and O–H groups in total. The fourth-order valence-electron chi connectivity index (χ4n) is 1.81. The molecule has 1 saturated heterocycles. The third kappa shape index (κ3) is 3.12. The van der Waals surface area contributed by atoms with Crippen molar-refractivity contribution >= 4 is 0 Å². The molecule has 1 heterocycles. The van der Waals surface area contributed by atoms with Crippen LogP contribution in [0, 0.1) is 0 Å². The van der Waals surface area contributed by atoms with Crippen molar-refractivity contribution in [3.05, 3.63) is 0 Å². The summed E-state index contributed by atoms with van der Waals surface area (Å²) in [5.41, 5.74) is 0. The molecule has 0 amide bonds. The first-order valence-corrected chi connectivity index (χ1v) is 4.99. The Hall–Kier alpha value is -0.200. The molecule has 1 aliphatic heterocycles. The number of hydrogen-bond donors (Lipinski definition) is 0. The zero-order chi connectivity index (χ0) is 11.3. The van der Waals surface area contributed by atoms with Crippen molar-refractivity contribution in [3.8, 4) is 0 Å². The average molecular weight is 220 g/mol. The van der Waals surface area contributed by atoms with Crippen LogP contribution < -0.4 is 0 Å². The van der Waals surface area contributed by atoms with Gasteiger partial charge >= 0.3 is 0 Å². The fourth-order valence-corrected chi connectivity index (χ4v) is 1.81. The van der Waals surface area contributed by atoms with Gasteiger partial charge in [-0.15, -0.1) is 0 Å². The number of ether oxygens (including phenoxy) is 5. The van der Waals surface area contributed by atoms with E-state index in [0.29, 0.717) is 6.61 Å². The van der Waals surface area contributed by atoms with Gasteiger partial charge in [0.1, 0.15) is 12.2 Å². The Morgan fingerprint density at radius 1 is 1.00 bits per heavy atom. The van der Waals surface area contributed by atoms with Gasteiger partial charge in [-0.05, 0) is 0 Å². The lowest BCUT2D eigenvalue weighted by Gasteiger charge is -2.39. The lowest BCUT2D eigenvalue weighted by atomic mass is 10.0. The van der Waals surface area contributed by atoms with E-state index in [4.69, 9.17) is 23.7 Å². The molecule has 0 aromatic carbocycles. The van der Waals surface area contributed by atoms with Crippen LogP contribution >= 0.6 is 0 Å². The molecule has 0 aliphatic carbocycles. The summed E-state index contributed by atoms with van der Waals surface area (Å²) in [5.74, 6) is 0. The van der Waals surface area contributed by atoms with Crippen LogP contribution in [-0.2, 0) is 23.7 Å². The Labute approximate surface area is 90.6 Å². The number of hydrogen-bond acceptors (Lipinski definition) is 5. The van der Waals surface area contributed by atoms with E-state index in [0.717, 1.165) is 6.42 Å². The smallest absolute Gasteiger partial charge is 0.183 e. The number of methoxy groups -OCH3 is 4. The Balaban J connectivity index is 2.59. The predicted molar refractivity (Wildman–Crippen MR) is 53.8 cm³/mol. The Morgan fingerprint density at radius 2 is 1.67 bits per heavy atom. The highest BCUT2D eigenvalue weighted by Crippen LogP contribution is 2.24. The molecular weight excluding hydrogens is 200 g/mol. The van der Waals surface area contributed by atoms with Gasteiger partial charge in [-0.2, -0.15) is 0 Å². The second-order valence-corrected chi connectivity index (χ2v) is 3.52. The van der Waals surface area contributed by atoms with Crippen LogP contribution in [0.4, 0.5) is 0 Å². The minimum atomic E-state index is -0.346. The van der Waals surface area contributed by atoms with Crippen LogP contribution in [0.25, 0.3) is 0 Å². The molecule has 5 heteroatoms. The van der Waals surface area contributed by atoms with E-state index in [1.807, 2.05) is 0 Å². The standard InChI is InChI=1S/C10H20O5/c1-11-6-9-7(12-2)5-8(13-3)10(14-4)15-9/h7-10H,5-6H2,1-4H3/t7?,8?,9-,10+/m1/s1. The van der Waals surface area contributed by atoms with E-state index in [1.165, 1.54) is 0 Å². The average Bonchev–Trinajstić information content (AvgIpc) is 2.28. The molecule has 15 heavy (non-hydrogen) atoms. The summed E-state index contributed by atoms with van der Waals surface area (Å²) in [6.45, 7) is 0.495. The summed E-state index contributed by atoms with van der Waals surface area (Å²) in [6.07, 6.45) is 0.201. The SMILES string of the molecule is COC[C@H]1O[C@H](OC)C(OC)CC1OC. The predicted octanol–water partition coefficient (Wildman–Crippen LogP) is 0.424. The molecule has 1 rings (SSSR count). The van der Waals surface area contributed by atoms with E-state index < -0.39 is 0 Å². The van der Waals surface area contributed by atoms with Crippen molar-refractivity contribution in [3.63, 3.8) is 0 Å². The van der Waals surface area contributed by atoms with Gasteiger partial charge in [0.15, 0.2) is 6.29 Å². The molecule has 0 aromatic heterocycles. The van der Waals surface area contributed by atoms with Crippen molar-refractivity contribution in [1.82, 2.24) is 0 Å². The molecule has 0 aromatic rings. The molecule has 4 atom stereocenters. The van der Waals surface area contributed by atoms with Crippen LogP contribution in [0.1, 0.15) is 6.42 Å². The molecule has 2 unspecified atom stereocenters. The third-order valence-electron chi connectivity index (χ3n) is 2.66. The first kappa shape index (κ1) is 12.9. The molecule has 0 radical (unpaired) electrons. The largest absolute Gasteiger partial charge is 0.382 e. The minimum Gasteiger partial charge on any atom is -0.382 e. The quantitative estimate of drug-likeness (QED) is 0.672. The second-order valence-electron chi connectivity index (χ2n) is 3.52. The Morgan fingerprint density at radius 3 is 2.13 bits per heavy atom. The maximum atomic E-state index is 5.69. The highest BCUT2D eigenvalue weighted by Gasteiger charge is 2.38. The van der Waals surface area contributed by atoms with Gasteiger partial charge in [0.25, 0.3) is 0 Å². The van der Waals surface area contributed by atoms with Crippen LogP contribution in [0.5, 0.6) is 0 Å². The topological polar surface area (TPSA) is 46.2 Å². The summed E-state index contributed by atoms with van der Waals surface area (Å²) in [7, 11) is 6.55. The first-order valence-electron chi connectivity index (χ1n) is 4.99. The van der Waals surface area contributed by atoms with E-state index in [9.17, 15) is 0 Å². The summed E-state index contributed by atoms with van der Waals surface area (Å²) in [6, 6.07) is 0. The summed E-state index contributed by atoms with van der Waals surface area (Å²) in [5, 5.41) is 0. The lowest BCUT2D eigenvalue weighted by Crippen LogP contribution is -2.51. The Kier molecular flexibility index (Phi) is 5.49. The van der Waals surface area contributed by atoms with Crippen LogP contribution in [-0.4, -0.2) is 59.6 Å². The summed E-state index contributed by atoms with van der Waals surface area (Å²) < 4.78 is 26.6. The monoisotopic (exact) mass is 220 g/mol. The van der Waals surface area contributed by atoms with E-state index in [2.05, 4.69) is 0 Å². The van der Waals surface area contributed by atoms with Gasteiger partial charge in [0.2, 0.25) is 0 Å². The van der Waals surface area contributed by atoms with E-state index in [1.54, 1.807) is 28.4 Å². The zero-order valence-corrected chi connectivity index (χ0v) is 9.76. The van der Waals surface area contributed by atoms with E-state index in [-0.39, 0.29) is 24.6 Å². The summed E-state index contributed by atoms with van der Waals surface area (Å²) in [4.78, 5) is 0. The van der Waals surface area contributed by atoms with Crippen molar-refractivity contribution in [2.75, 3.05) is 35.0 Å². The lowest BCUT2D eigenvalue weighted by molar-refractivity contribution is -0.271. The van der Waals surface area contributed by atoms with Crippen LogP contribution in [0.3, 0.4) is 0 Å². The van der Waals surface area contributed by atoms with Gasteiger partial charge in [-0.3, -0.25) is 0 Å². The van der Waals surface area contributed by atoms with Gasteiger partial charge in [-0.1, -0.05) is 0 Å². The third-order valence-corrected chi connectivity index (χ3v) is 2.66. The second kappa shape index (κ2) is 6.40. The highest BCUT2D eigenvalue weighted by atomic mass is 16.7. The van der Waals surface area contributed by atoms with Crippen molar-refractivity contribution in [2.24, 2.45) is 0 Å². The minimum absolute atomic E-state index is 0.0127. The van der Waals surface area contributed by atoms with Crippen molar-refractivity contribution in [2.45, 2.75) is 31.0 Å². The van der Waals surface area contributed by atoms with Crippen LogP contribution in [0.2, 0.25) is 0 Å². The van der Waals surface area contributed by atoms with Gasteiger partial charge in [0, 0.05) is 34.9 Å². The molecule has 0 spiro atoms. The molecule has 0 bridgehead atoms. The van der Waals surface area contributed by atoms with E-state index >= 15 is 0 Å². The van der Waals surface area contributed by atoms with Crippen LogP contribution in [0.15, 0.2) is 0 Å². The zero-order valence-electron chi connectivity index (χ0n) is 9.76. The van der Waals surface area contributed by atoms with Crippen molar-refractivity contribution < 1.29 is 23.7 Å². The maximum Gasteiger partial charge on any atom is 0.183 e. The highest BCUT2D eigenvalue weighted by molar-refractivity contribution is 4.82. The van der Waals surface area contributed by atoms with Gasteiger partial charge in [-0.25, -0.2) is 0 Å². The molecule has 0 saturated carbocycles. The molecule has 1 aliphatic rings. The van der Waals surface area contributed by atoms with Gasteiger partial charge < -0.3 is 23.7 Å². The normalized spacial score (nSPS) is 36.8. The Bertz CT molecular complexity index is 175. The maximum absolute atomic E-state index is 5.69. The molecule has 5 nitrogen and oxygen atoms in total.